The maximum absolute atomic E-state index is 5.38. The topological polar surface area (TPSA) is 62.0 Å². The number of guanidine groups is 1. The fraction of sp³-hybridized carbons (Fsp3) is 0.722. The van der Waals surface area contributed by atoms with Gasteiger partial charge in [-0.2, -0.15) is 0 Å². The van der Waals surface area contributed by atoms with E-state index in [4.69, 9.17) is 9.15 Å². The number of furan rings is 1. The molecule has 0 radical (unpaired) electrons. The minimum absolute atomic E-state index is 0. The number of aliphatic imine (C=N–C) groups is 1. The number of halogens is 1. The lowest BCUT2D eigenvalue weighted by molar-refractivity contribution is 0.207. The van der Waals surface area contributed by atoms with Crippen LogP contribution in [0.2, 0.25) is 0 Å². The van der Waals surface area contributed by atoms with Crippen LogP contribution >= 0.6 is 24.0 Å². The molecule has 0 bridgehead atoms. The Labute approximate surface area is 168 Å². The van der Waals surface area contributed by atoms with Gasteiger partial charge in [-0.05, 0) is 31.9 Å². The van der Waals surface area contributed by atoms with Crippen molar-refractivity contribution in [3.05, 3.63) is 24.2 Å². The maximum Gasteiger partial charge on any atom is 0.191 e. The second-order valence-corrected chi connectivity index (χ2v) is 6.76. The van der Waals surface area contributed by atoms with Crippen molar-refractivity contribution in [1.82, 2.24) is 15.5 Å². The number of rotatable bonds is 8. The number of likely N-dealkylation sites (tertiary alicyclic amines) is 1. The van der Waals surface area contributed by atoms with Gasteiger partial charge in [-0.3, -0.25) is 9.89 Å². The molecule has 0 aromatic carbocycles. The van der Waals surface area contributed by atoms with Crippen LogP contribution in [-0.2, 0) is 11.2 Å². The highest BCUT2D eigenvalue weighted by Crippen LogP contribution is 2.18. The number of ether oxygens (including phenoxy) is 1. The van der Waals surface area contributed by atoms with Gasteiger partial charge in [-0.1, -0.05) is 6.92 Å². The molecule has 1 saturated heterocycles. The van der Waals surface area contributed by atoms with E-state index in [0.29, 0.717) is 31.2 Å². The number of nitrogens with zero attached hydrogens (tertiary/aromatic N) is 2. The van der Waals surface area contributed by atoms with Crippen molar-refractivity contribution in [2.24, 2.45) is 10.9 Å². The van der Waals surface area contributed by atoms with Crippen molar-refractivity contribution in [3.63, 3.8) is 0 Å². The lowest BCUT2D eigenvalue weighted by Crippen LogP contribution is -2.47. The molecule has 1 aliphatic rings. The van der Waals surface area contributed by atoms with Crippen molar-refractivity contribution in [2.45, 2.75) is 39.3 Å². The highest BCUT2D eigenvalue weighted by atomic mass is 127. The average molecular weight is 464 g/mol. The second kappa shape index (κ2) is 11.7. The van der Waals surface area contributed by atoms with E-state index in [-0.39, 0.29) is 24.0 Å². The van der Waals surface area contributed by atoms with E-state index in [1.807, 2.05) is 12.1 Å². The summed E-state index contributed by atoms with van der Waals surface area (Å²) >= 11 is 0. The van der Waals surface area contributed by atoms with Gasteiger partial charge >= 0.3 is 0 Å². The number of hydrogen-bond acceptors (Lipinski definition) is 4. The standard InChI is InChI=1S/C18H32N4O2.HI/c1-14(2)22-12-15(3)17(13-22)21-18(20-9-11-23-4)19-8-7-16-6-5-10-24-16;/h5-6,10,14-15,17H,7-9,11-13H2,1-4H3,(H2,19,20,21);1H. The van der Waals surface area contributed by atoms with E-state index in [9.17, 15) is 0 Å². The smallest absolute Gasteiger partial charge is 0.191 e. The zero-order valence-electron chi connectivity index (χ0n) is 15.8. The molecule has 0 aliphatic carbocycles. The molecule has 0 spiro atoms. The minimum Gasteiger partial charge on any atom is -0.469 e. The Kier molecular flexibility index (Phi) is 10.4. The van der Waals surface area contributed by atoms with Crippen molar-refractivity contribution >= 4 is 29.9 Å². The van der Waals surface area contributed by atoms with Crippen molar-refractivity contribution < 1.29 is 9.15 Å². The third-order valence-corrected chi connectivity index (χ3v) is 4.50. The van der Waals surface area contributed by atoms with Crippen LogP contribution in [0.15, 0.2) is 27.8 Å². The van der Waals surface area contributed by atoms with Crippen LogP contribution in [0.25, 0.3) is 0 Å². The Morgan fingerprint density at radius 2 is 2.24 bits per heavy atom. The van der Waals surface area contributed by atoms with Crippen molar-refractivity contribution in [2.75, 3.05) is 39.9 Å². The third kappa shape index (κ3) is 7.53. The average Bonchev–Trinajstić information content (AvgIpc) is 3.18. The first kappa shape index (κ1) is 22.2. The summed E-state index contributed by atoms with van der Waals surface area (Å²) in [6.07, 6.45) is 2.55. The van der Waals surface area contributed by atoms with Gasteiger partial charge in [0.15, 0.2) is 5.96 Å². The Morgan fingerprint density at radius 3 is 2.84 bits per heavy atom. The van der Waals surface area contributed by atoms with E-state index < -0.39 is 0 Å². The summed E-state index contributed by atoms with van der Waals surface area (Å²) in [5.41, 5.74) is 0. The summed E-state index contributed by atoms with van der Waals surface area (Å²) in [5, 5.41) is 7.01. The van der Waals surface area contributed by atoms with E-state index in [1.54, 1.807) is 13.4 Å². The van der Waals surface area contributed by atoms with Gasteiger partial charge in [0, 0.05) is 45.2 Å². The lowest BCUT2D eigenvalue weighted by atomic mass is 10.1. The summed E-state index contributed by atoms with van der Waals surface area (Å²) in [5.74, 6) is 2.45. The Balaban J connectivity index is 0.00000312. The summed E-state index contributed by atoms with van der Waals surface area (Å²) in [6.45, 7) is 11.1. The molecule has 2 N–H and O–H groups in total. The van der Waals surface area contributed by atoms with Gasteiger partial charge in [0.05, 0.1) is 19.4 Å². The molecule has 2 atom stereocenters. The number of nitrogens with one attached hydrogen (secondary N) is 2. The summed E-state index contributed by atoms with van der Waals surface area (Å²) < 4.78 is 10.5. The highest BCUT2D eigenvalue weighted by Gasteiger charge is 2.31. The fourth-order valence-electron chi connectivity index (χ4n) is 2.95. The first-order valence-corrected chi connectivity index (χ1v) is 8.90. The SMILES string of the molecule is COCCN=C(NCCc1ccco1)NC1CN(C(C)C)CC1C.I. The summed E-state index contributed by atoms with van der Waals surface area (Å²) in [6, 6.07) is 4.92. The first-order valence-electron chi connectivity index (χ1n) is 8.90. The largest absolute Gasteiger partial charge is 0.469 e. The summed E-state index contributed by atoms with van der Waals surface area (Å²) in [7, 11) is 1.70. The molecule has 1 aromatic rings. The lowest BCUT2D eigenvalue weighted by Gasteiger charge is -2.22. The molecule has 2 heterocycles. The van der Waals surface area contributed by atoms with Gasteiger partial charge in [-0.25, -0.2) is 0 Å². The molecular weight excluding hydrogens is 431 g/mol. The molecule has 0 saturated carbocycles. The Hall–Kier alpha value is -0.800. The molecule has 144 valence electrons. The van der Waals surface area contributed by atoms with Crippen LogP contribution in [0.5, 0.6) is 0 Å². The predicted octanol–water partition coefficient (Wildman–Crippen LogP) is 2.35. The molecule has 1 fully saturated rings. The zero-order valence-corrected chi connectivity index (χ0v) is 18.2. The predicted molar refractivity (Wildman–Crippen MR) is 113 cm³/mol. The van der Waals surface area contributed by atoms with E-state index >= 15 is 0 Å². The molecule has 7 heteroatoms. The van der Waals surface area contributed by atoms with Crippen LogP contribution in [0.3, 0.4) is 0 Å². The Morgan fingerprint density at radius 1 is 1.44 bits per heavy atom. The molecule has 2 rings (SSSR count). The monoisotopic (exact) mass is 464 g/mol. The molecule has 2 unspecified atom stereocenters. The molecule has 25 heavy (non-hydrogen) atoms. The molecule has 1 aromatic heterocycles. The van der Waals surface area contributed by atoms with Gasteiger partial charge in [0.1, 0.15) is 5.76 Å². The van der Waals surface area contributed by atoms with Crippen LogP contribution in [0.4, 0.5) is 0 Å². The van der Waals surface area contributed by atoms with Crippen LogP contribution in [0, 0.1) is 5.92 Å². The van der Waals surface area contributed by atoms with Crippen LogP contribution in [-0.4, -0.2) is 62.8 Å². The van der Waals surface area contributed by atoms with Gasteiger partial charge < -0.3 is 19.8 Å². The molecule has 0 amide bonds. The van der Waals surface area contributed by atoms with Crippen molar-refractivity contribution in [1.29, 1.82) is 0 Å². The zero-order chi connectivity index (χ0) is 17.4. The highest BCUT2D eigenvalue weighted by molar-refractivity contribution is 14.0. The van der Waals surface area contributed by atoms with Gasteiger partial charge in [0.25, 0.3) is 0 Å². The van der Waals surface area contributed by atoms with Crippen LogP contribution in [0.1, 0.15) is 26.5 Å². The summed E-state index contributed by atoms with van der Waals surface area (Å²) in [4.78, 5) is 7.13. The maximum atomic E-state index is 5.38. The van der Waals surface area contributed by atoms with E-state index in [1.165, 1.54) is 0 Å². The van der Waals surface area contributed by atoms with Gasteiger partial charge in [0.2, 0.25) is 0 Å². The minimum atomic E-state index is 0. The third-order valence-electron chi connectivity index (χ3n) is 4.50. The molecular formula is C18H33IN4O2. The quantitative estimate of drug-likeness (QED) is 0.268. The van der Waals surface area contributed by atoms with E-state index in [2.05, 4.69) is 41.3 Å². The first-order chi connectivity index (χ1) is 11.6. The normalized spacial score (nSPS) is 21.4. The number of hydrogen-bond donors (Lipinski definition) is 2. The molecule has 6 nitrogen and oxygen atoms in total. The fourth-order valence-corrected chi connectivity index (χ4v) is 2.95. The van der Waals surface area contributed by atoms with Gasteiger partial charge in [-0.15, -0.1) is 24.0 Å². The van der Waals surface area contributed by atoms with Crippen LogP contribution < -0.4 is 10.6 Å². The van der Waals surface area contributed by atoms with Crippen molar-refractivity contribution in [3.8, 4) is 0 Å². The number of methoxy groups -OCH3 is 1. The Bertz CT molecular complexity index is 493. The molecule has 1 aliphatic heterocycles. The second-order valence-electron chi connectivity index (χ2n) is 6.76. The van der Waals surface area contributed by atoms with E-state index in [0.717, 1.165) is 37.8 Å².